The van der Waals surface area contributed by atoms with E-state index in [1.807, 2.05) is 13.0 Å². The third-order valence-electron chi connectivity index (χ3n) is 3.60. The van der Waals surface area contributed by atoms with Gasteiger partial charge in [0, 0.05) is 12.3 Å². The van der Waals surface area contributed by atoms with Crippen LogP contribution in [0.2, 0.25) is 0 Å². The number of aliphatic hydroxyl groups is 1. The standard InChI is InChI=1S/C15H24O3/c1-2-7-13-12(10-11-14(13)16)8-5-3-4-6-9-15(17)18/h2-3,5,7,12-14,16H,4,6,8-11H2,1H3,(H,17,18)/b5-3-,7-2+/t12-,13?,14+/m0/s1. The Morgan fingerprint density at radius 1 is 1.33 bits per heavy atom. The molecule has 0 aromatic carbocycles. The molecule has 18 heavy (non-hydrogen) atoms. The van der Waals surface area contributed by atoms with E-state index in [1.54, 1.807) is 0 Å². The molecule has 0 amide bonds. The summed E-state index contributed by atoms with van der Waals surface area (Å²) in [6.45, 7) is 1.99. The van der Waals surface area contributed by atoms with Gasteiger partial charge >= 0.3 is 5.97 Å². The maximum atomic E-state index is 10.3. The van der Waals surface area contributed by atoms with Gasteiger partial charge in [-0.1, -0.05) is 24.3 Å². The van der Waals surface area contributed by atoms with Gasteiger partial charge in [-0.25, -0.2) is 0 Å². The average molecular weight is 252 g/mol. The van der Waals surface area contributed by atoms with Crippen LogP contribution in [0.4, 0.5) is 0 Å². The first kappa shape index (κ1) is 15.0. The van der Waals surface area contributed by atoms with E-state index in [2.05, 4.69) is 18.2 Å². The van der Waals surface area contributed by atoms with Crippen LogP contribution in [0.1, 0.15) is 45.4 Å². The van der Waals surface area contributed by atoms with Crippen molar-refractivity contribution in [3.05, 3.63) is 24.3 Å². The van der Waals surface area contributed by atoms with Gasteiger partial charge in [-0.05, 0) is 44.9 Å². The number of allylic oxidation sites excluding steroid dienone is 3. The van der Waals surface area contributed by atoms with Crippen molar-refractivity contribution >= 4 is 5.97 Å². The van der Waals surface area contributed by atoms with Crippen LogP contribution in [0.15, 0.2) is 24.3 Å². The third kappa shape index (κ3) is 5.05. The molecular formula is C15H24O3. The molecule has 1 rings (SSSR count). The van der Waals surface area contributed by atoms with Crippen molar-refractivity contribution in [2.75, 3.05) is 0 Å². The second kappa shape index (κ2) is 8.09. The number of carboxylic acids is 1. The van der Waals surface area contributed by atoms with Crippen molar-refractivity contribution in [3.8, 4) is 0 Å². The zero-order chi connectivity index (χ0) is 13.4. The predicted octanol–water partition coefficient (Wildman–Crippen LogP) is 3.15. The molecular weight excluding hydrogens is 228 g/mol. The molecule has 1 fully saturated rings. The number of aliphatic hydroxyl groups excluding tert-OH is 1. The molecule has 102 valence electrons. The van der Waals surface area contributed by atoms with Crippen molar-refractivity contribution in [1.29, 1.82) is 0 Å². The molecule has 0 aromatic heterocycles. The van der Waals surface area contributed by atoms with Gasteiger partial charge in [0.1, 0.15) is 0 Å². The molecule has 3 nitrogen and oxygen atoms in total. The van der Waals surface area contributed by atoms with E-state index in [9.17, 15) is 9.90 Å². The number of carbonyl (C=O) groups is 1. The van der Waals surface area contributed by atoms with Gasteiger partial charge in [0.05, 0.1) is 6.10 Å². The van der Waals surface area contributed by atoms with Crippen molar-refractivity contribution in [1.82, 2.24) is 0 Å². The quantitative estimate of drug-likeness (QED) is 0.540. The summed E-state index contributed by atoms with van der Waals surface area (Å²) in [5.41, 5.74) is 0. The van der Waals surface area contributed by atoms with E-state index in [0.29, 0.717) is 18.3 Å². The van der Waals surface area contributed by atoms with E-state index in [-0.39, 0.29) is 12.5 Å². The van der Waals surface area contributed by atoms with Gasteiger partial charge in [-0.15, -0.1) is 0 Å². The molecule has 1 unspecified atom stereocenters. The molecule has 0 bridgehead atoms. The summed E-state index contributed by atoms with van der Waals surface area (Å²) in [4.78, 5) is 10.3. The molecule has 0 heterocycles. The Labute approximate surface area is 109 Å². The molecule has 3 atom stereocenters. The highest BCUT2D eigenvalue weighted by atomic mass is 16.4. The van der Waals surface area contributed by atoms with Crippen LogP contribution in [0, 0.1) is 11.8 Å². The maximum Gasteiger partial charge on any atom is 0.303 e. The number of carboxylic acid groups (broad SMARTS) is 1. The van der Waals surface area contributed by atoms with Gasteiger partial charge in [0.25, 0.3) is 0 Å². The van der Waals surface area contributed by atoms with Crippen LogP contribution in [-0.2, 0) is 4.79 Å². The first-order valence-electron chi connectivity index (χ1n) is 6.82. The first-order valence-corrected chi connectivity index (χ1v) is 6.82. The lowest BCUT2D eigenvalue weighted by molar-refractivity contribution is -0.137. The molecule has 0 aromatic rings. The van der Waals surface area contributed by atoms with Crippen LogP contribution >= 0.6 is 0 Å². The van der Waals surface area contributed by atoms with Crippen LogP contribution in [0.5, 0.6) is 0 Å². The fourth-order valence-electron chi connectivity index (χ4n) is 2.63. The van der Waals surface area contributed by atoms with Gasteiger partial charge in [-0.3, -0.25) is 4.79 Å². The molecule has 1 saturated carbocycles. The summed E-state index contributed by atoms with van der Waals surface area (Å²) in [7, 11) is 0. The van der Waals surface area contributed by atoms with Gasteiger partial charge in [0.15, 0.2) is 0 Å². The second-order valence-electron chi connectivity index (χ2n) is 5.00. The number of unbranched alkanes of at least 4 members (excludes halogenated alkanes) is 1. The zero-order valence-electron chi connectivity index (χ0n) is 11.1. The van der Waals surface area contributed by atoms with Crippen LogP contribution in [-0.4, -0.2) is 22.3 Å². The zero-order valence-corrected chi connectivity index (χ0v) is 11.1. The lowest BCUT2D eigenvalue weighted by atomic mass is 9.91. The molecule has 0 radical (unpaired) electrons. The third-order valence-corrected chi connectivity index (χ3v) is 3.60. The number of rotatable bonds is 7. The topological polar surface area (TPSA) is 57.5 Å². The first-order chi connectivity index (χ1) is 8.65. The summed E-state index contributed by atoms with van der Waals surface area (Å²) < 4.78 is 0. The van der Waals surface area contributed by atoms with E-state index < -0.39 is 5.97 Å². The maximum absolute atomic E-state index is 10.3. The van der Waals surface area contributed by atoms with Crippen molar-refractivity contribution in [2.24, 2.45) is 11.8 Å². The van der Waals surface area contributed by atoms with Crippen molar-refractivity contribution in [2.45, 2.75) is 51.6 Å². The lowest BCUT2D eigenvalue weighted by Crippen LogP contribution is -2.16. The van der Waals surface area contributed by atoms with Gasteiger partial charge in [-0.2, -0.15) is 0 Å². The van der Waals surface area contributed by atoms with Crippen molar-refractivity contribution < 1.29 is 15.0 Å². The minimum atomic E-state index is -0.726. The summed E-state index contributed by atoms with van der Waals surface area (Å²) in [6.07, 6.45) is 12.9. The van der Waals surface area contributed by atoms with E-state index in [4.69, 9.17) is 5.11 Å². The van der Waals surface area contributed by atoms with Gasteiger partial charge in [0.2, 0.25) is 0 Å². The monoisotopic (exact) mass is 252 g/mol. The molecule has 1 aliphatic rings. The average Bonchev–Trinajstić information content (AvgIpc) is 2.66. The summed E-state index contributed by atoms with van der Waals surface area (Å²) >= 11 is 0. The van der Waals surface area contributed by atoms with E-state index >= 15 is 0 Å². The Balaban J connectivity index is 2.25. The van der Waals surface area contributed by atoms with Crippen molar-refractivity contribution in [3.63, 3.8) is 0 Å². The Morgan fingerprint density at radius 2 is 2.11 bits per heavy atom. The highest BCUT2D eigenvalue weighted by molar-refractivity contribution is 5.66. The van der Waals surface area contributed by atoms with Gasteiger partial charge < -0.3 is 10.2 Å². The number of aliphatic carboxylic acids is 1. The van der Waals surface area contributed by atoms with Crippen LogP contribution in [0.25, 0.3) is 0 Å². The molecule has 2 N–H and O–H groups in total. The minimum absolute atomic E-state index is 0.188. The minimum Gasteiger partial charge on any atom is -0.481 e. The van der Waals surface area contributed by atoms with E-state index in [1.165, 1.54) is 0 Å². The summed E-state index contributed by atoms with van der Waals surface area (Å²) in [5, 5.41) is 18.4. The fraction of sp³-hybridized carbons (Fsp3) is 0.667. The Hall–Kier alpha value is -1.09. The summed E-state index contributed by atoms with van der Waals surface area (Å²) in [5.74, 6) is 0.0982. The molecule has 0 aliphatic heterocycles. The number of hydrogen-bond acceptors (Lipinski definition) is 2. The largest absolute Gasteiger partial charge is 0.481 e. The lowest BCUT2D eigenvalue weighted by Gasteiger charge is -2.16. The fourth-order valence-corrected chi connectivity index (χ4v) is 2.63. The smallest absolute Gasteiger partial charge is 0.303 e. The number of hydrogen-bond donors (Lipinski definition) is 2. The Bertz CT molecular complexity index is 307. The Kier molecular flexibility index (Phi) is 6.73. The van der Waals surface area contributed by atoms with Crippen LogP contribution < -0.4 is 0 Å². The SMILES string of the molecule is C/C=C/C1[C@@H](C/C=C\CCCC(=O)O)CC[C@H]1O. The highest BCUT2D eigenvalue weighted by Crippen LogP contribution is 2.35. The highest BCUT2D eigenvalue weighted by Gasteiger charge is 2.31. The Morgan fingerprint density at radius 3 is 2.78 bits per heavy atom. The molecule has 0 saturated heterocycles. The predicted molar refractivity (Wildman–Crippen MR) is 72.3 cm³/mol. The molecule has 1 aliphatic carbocycles. The molecule has 3 heteroatoms. The molecule has 0 spiro atoms. The van der Waals surface area contributed by atoms with Crippen LogP contribution in [0.3, 0.4) is 0 Å². The second-order valence-corrected chi connectivity index (χ2v) is 5.00. The summed E-state index contributed by atoms with van der Waals surface area (Å²) in [6, 6.07) is 0. The normalized spacial score (nSPS) is 28.4. The van der Waals surface area contributed by atoms with E-state index in [0.717, 1.165) is 25.7 Å².